The molecule has 0 N–H and O–H groups in total. The molecule has 0 saturated heterocycles. The van der Waals surface area contributed by atoms with Gasteiger partial charge in [-0.25, -0.2) is 0 Å². The fourth-order valence-corrected chi connectivity index (χ4v) is 2.08. The van der Waals surface area contributed by atoms with Gasteiger partial charge in [0.2, 0.25) is 0 Å². The molecule has 0 spiro atoms. The first-order valence-corrected chi connectivity index (χ1v) is 5.70. The van der Waals surface area contributed by atoms with E-state index in [1.54, 1.807) is 0 Å². The van der Waals surface area contributed by atoms with Crippen LogP contribution in [0.5, 0.6) is 0 Å². The zero-order chi connectivity index (χ0) is 8.65. The SMILES string of the molecule is CCCCSCc1ccccc1.[H-].[Li+]. The van der Waals surface area contributed by atoms with Gasteiger partial charge in [0.15, 0.2) is 0 Å². The first kappa shape index (κ1) is 13.2. The third kappa shape index (κ3) is 6.27. The molecule has 0 saturated carbocycles. The Hall–Kier alpha value is 0.167. The molecule has 0 atom stereocenters. The van der Waals surface area contributed by atoms with Crippen molar-refractivity contribution >= 4 is 11.8 Å². The fourth-order valence-electron chi connectivity index (χ4n) is 1.01. The number of benzene rings is 1. The summed E-state index contributed by atoms with van der Waals surface area (Å²) in [6.07, 6.45) is 2.65. The van der Waals surface area contributed by atoms with E-state index >= 15 is 0 Å². The van der Waals surface area contributed by atoms with E-state index in [-0.39, 0.29) is 20.3 Å². The van der Waals surface area contributed by atoms with E-state index in [0.29, 0.717) is 0 Å². The molecule has 0 aliphatic heterocycles. The maximum Gasteiger partial charge on any atom is 1.00 e. The van der Waals surface area contributed by atoms with Crippen molar-refractivity contribution < 1.29 is 20.3 Å². The molecule has 1 aromatic rings. The molecular weight excluding hydrogens is 171 g/mol. The van der Waals surface area contributed by atoms with Crippen molar-refractivity contribution in [3.8, 4) is 0 Å². The molecule has 0 aromatic heterocycles. The zero-order valence-corrected chi connectivity index (χ0v) is 9.44. The van der Waals surface area contributed by atoms with Gasteiger partial charge in [0.05, 0.1) is 0 Å². The third-order valence-corrected chi connectivity index (χ3v) is 2.87. The van der Waals surface area contributed by atoms with Gasteiger partial charge in [0, 0.05) is 5.75 Å². The summed E-state index contributed by atoms with van der Waals surface area (Å²) in [5.74, 6) is 2.46. The number of unbranched alkanes of at least 4 members (excludes halogenated alkanes) is 1. The van der Waals surface area contributed by atoms with Gasteiger partial charge in [0.1, 0.15) is 0 Å². The van der Waals surface area contributed by atoms with E-state index in [4.69, 9.17) is 0 Å². The van der Waals surface area contributed by atoms with Crippen LogP contribution in [0.2, 0.25) is 0 Å². The quantitative estimate of drug-likeness (QED) is 0.487. The fraction of sp³-hybridized carbons (Fsp3) is 0.455. The molecule has 68 valence electrons. The summed E-state index contributed by atoms with van der Waals surface area (Å²) in [7, 11) is 0. The zero-order valence-electron chi connectivity index (χ0n) is 9.62. The van der Waals surface area contributed by atoms with Gasteiger partial charge in [-0.15, -0.1) is 0 Å². The molecule has 0 heterocycles. The summed E-state index contributed by atoms with van der Waals surface area (Å²) in [5, 5.41) is 0. The maximum atomic E-state index is 2.24. The van der Waals surface area contributed by atoms with Crippen molar-refractivity contribution in [3.63, 3.8) is 0 Å². The van der Waals surface area contributed by atoms with Crippen molar-refractivity contribution in [1.82, 2.24) is 0 Å². The molecule has 1 rings (SSSR count). The second-order valence-corrected chi connectivity index (χ2v) is 4.00. The molecule has 0 fully saturated rings. The van der Waals surface area contributed by atoms with Gasteiger partial charge in [0.25, 0.3) is 0 Å². The second-order valence-electron chi connectivity index (χ2n) is 2.89. The Morgan fingerprint density at radius 1 is 1.23 bits per heavy atom. The number of hydrogen-bond donors (Lipinski definition) is 0. The van der Waals surface area contributed by atoms with Gasteiger partial charge in [-0.1, -0.05) is 43.7 Å². The Morgan fingerprint density at radius 3 is 2.54 bits per heavy atom. The molecule has 0 unspecified atom stereocenters. The largest absolute Gasteiger partial charge is 1.00 e. The van der Waals surface area contributed by atoms with E-state index in [1.165, 1.54) is 29.9 Å². The van der Waals surface area contributed by atoms with E-state index in [2.05, 4.69) is 37.3 Å². The van der Waals surface area contributed by atoms with Gasteiger partial charge in [-0.05, 0) is 17.7 Å². The molecule has 0 aliphatic carbocycles. The van der Waals surface area contributed by atoms with Crippen molar-refractivity contribution in [2.24, 2.45) is 0 Å². The summed E-state index contributed by atoms with van der Waals surface area (Å²) < 4.78 is 0. The van der Waals surface area contributed by atoms with Crippen LogP contribution in [0.4, 0.5) is 0 Å². The Kier molecular flexibility index (Phi) is 8.86. The summed E-state index contributed by atoms with van der Waals surface area (Å²) in [6.45, 7) is 2.24. The van der Waals surface area contributed by atoms with E-state index in [1.807, 2.05) is 11.8 Å². The van der Waals surface area contributed by atoms with Crippen LogP contribution >= 0.6 is 11.8 Å². The molecule has 1 aromatic carbocycles. The van der Waals surface area contributed by atoms with E-state index < -0.39 is 0 Å². The summed E-state index contributed by atoms with van der Waals surface area (Å²) >= 11 is 2.03. The first-order chi connectivity index (χ1) is 5.93. The topological polar surface area (TPSA) is 0 Å². The van der Waals surface area contributed by atoms with Gasteiger partial charge < -0.3 is 1.43 Å². The van der Waals surface area contributed by atoms with Gasteiger partial charge in [-0.3, -0.25) is 0 Å². The minimum Gasteiger partial charge on any atom is -1.00 e. The Morgan fingerprint density at radius 2 is 1.92 bits per heavy atom. The average Bonchev–Trinajstić information content (AvgIpc) is 2.14. The predicted octanol–water partition coefficient (Wildman–Crippen LogP) is 0.836. The molecule has 13 heavy (non-hydrogen) atoms. The molecule has 0 radical (unpaired) electrons. The van der Waals surface area contributed by atoms with Crippen LogP contribution in [-0.4, -0.2) is 5.75 Å². The molecule has 0 amide bonds. The van der Waals surface area contributed by atoms with Crippen LogP contribution in [0.15, 0.2) is 30.3 Å². The Balaban J connectivity index is 0. The van der Waals surface area contributed by atoms with Crippen molar-refractivity contribution in [1.29, 1.82) is 0 Å². The summed E-state index contributed by atoms with van der Waals surface area (Å²) in [5.41, 5.74) is 1.44. The summed E-state index contributed by atoms with van der Waals surface area (Å²) in [6, 6.07) is 10.7. The number of thioether (sulfide) groups is 1. The average molecular weight is 188 g/mol. The van der Waals surface area contributed by atoms with Crippen LogP contribution in [0, 0.1) is 0 Å². The molecule has 0 bridgehead atoms. The number of hydrogen-bond acceptors (Lipinski definition) is 1. The van der Waals surface area contributed by atoms with E-state index in [0.717, 1.165) is 0 Å². The van der Waals surface area contributed by atoms with Crippen molar-refractivity contribution in [2.45, 2.75) is 25.5 Å². The second kappa shape index (κ2) is 8.75. The van der Waals surface area contributed by atoms with E-state index in [9.17, 15) is 0 Å². The Labute approximate surface area is 99.2 Å². The van der Waals surface area contributed by atoms with Crippen LogP contribution in [0.25, 0.3) is 0 Å². The predicted molar refractivity (Wildman–Crippen MR) is 58.6 cm³/mol. The van der Waals surface area contributed by atoms with Gasteiger partial charge in [-0.2, -0.15) is 11.8 Å². The van der Waals surface area contributed by atoms with Crippen LogP contribution in [0.3, 0.4) is 0 Å². The van der Waals surface area contributed by atoms with Gasteiger partial charge >= 0.3 is 18.9 Å². The normalized spacial score (nSPS) is 9.31. The minimum absolute atomic E-state index is 0. The van der Waals surface area contributed by atoms with Crippen LogP contribution < -0.4 is 18.9 Å². The summed E-state index contributed by atoms with van der Waals surface area (Å²) in [4.78, 5) is 0. The Bertz CT molecular complexity index is 204. The molecular formula is C11H17LiS. The van der Waals surface area contributed by atoms with Crippen LogP contribution in [-0.2, 0) is 5.75 Å². The standard InChI is InChI=1S/C11H16S.Li.H/c1-2-3-9-12-10-11-7-5-4-6-8-11;;/h4-8H,2-3,9-10H2,1H3;;/q;+1;-1. The van der Waals surface area contributed by atoms with Crippen molar-refractivity contribution in [2.75, 3.05) is 5.75 Å². The smallest absolute Gasteiger partial charge is 1.00 e. The monoisotopic (exact) mass is 188 g/mol. The molecule has 0 aliphatic rings. The number of rotatable bonds is 5. The van der Waals surface area contributed by atoms with Crippen LogP contribution in [0.1, 0.15) is 26.8 Å². The molecule has 0 nitrogen and oxygen atoms in total. The minimum atomic E-state index is 0. The first-order valence-electron chi connectivity index (χ1n) is 4.55. The third-order valence-electron chi connectivity index (χ3n) is 1.75. The molecule has 2 heteroatoms. The maximum absolute atomic E-state index is 2.24. The van der Waals surface area contributed by atoms with Crippen molar-refractivity contribution in [3.05, 3.63) is 35.9 Å².